The Morgan fingerprint density at radius 3 is 2.88 bits per heavy atom. The summed E-state index contributed by atoms with van der Waals surface area (Å²) in [6.07, 6.45) is 5.48. The number of ether oxygens (including phenoxy) is 1. The van der Waals surface area contributed by atoms with E-state index in [4.69, 9.17) is 4.74 Å². The first-order chi connectivity index (χ1) is 11.9. The first-order valence-corrected chi connectivity index (χ1v) is 8.52. The molecule has 3 heterocycles. The van der Waals surface area contributed by atoms with Crippen molar-refractivity contribution >= 4 is 17.6 Å². The molecular weight excluding hydrogens is 318 g/mol. The van der Waals surface area contributed by atoms with Gasteiger partial charge < -0.3 is 14.7 Å². The molecule has 2 bridgehead atoms. The Hall–Kier alpha value is -2.40. The van der Waals surface area contributed by atoms with Gasteiger partial charge in [0.25, 0.3) is 0 Å². The predicted octanol–water partition coefficient (Wildman–Crippen LogP) is 2.62. The fraction of sp³-hybridized carbons (Fsp3) is 0.400. The van der Waals surface area contributed by atoms with E-state index in [0.717, 1.165) is 16.8 Å². The zero-order valence-corrected chi connectivity index (χ0v) is 14.3. The van der Waals surface area contributed by atoms with Crippen molar-refractivity contribution in [2.24, 2.45) is 11.8 Å². The lowest BCUT2D eigenvalue weighted by Gasteiger charge is -2.33. The lowest BCUT2D eigenvalue weighted by molar-refractivity contribution is -0.146. The Labute approximate surface area is 146 Å². The zero-order valence-electron chi connectivity index (χ0n) is 14.3. The molecular formula is C20H21NO4. The second-order valence-electron chi connectivity index (χ2n) is 7.10. The Bertz CT molecular complexity index is 814. The molecule has 0 radical (unpaired) electrons. The molecule has 0 aliphatic carbocycles. The van der Waals surface area contributed by atoms with Crippen molar-refractivity contribution in [1.29, 1.82) is 0 Å². The first kappa shape index (κ1) is 16.1. The summed E-state index contributed by atoms with van der Waals surface area (Å²) < 4.78 is 6.11. The number of amides is 1. The van der Waals surface area contributed by atoms with Gasteiger partial charge in [-0.05, 0) is 37.5 Å². The molecule has 1 amide bonds. The number of nitrogens with zero attached hydrogens (tertiary/aromatic N) is 1. The number of aryl methyl sites for hydroxylation is 1. The van der Waals surface area contributed by atoms with Crippen molar-refractivity contribution in [2.75, 3.05) is 4.90 Å². The van der Waals surface area contributed by atoms with Gasteiger partial charge in [-0.25, -0.2) is 0 Å². The molecule has 3 aliphatic heterocycles. The van der Waals surface area contributed by atoms with E-state index in [2.05, 4.69) is 6.58 Å². The number of carbonyl (C=O) groups is 2. The van der Waals surface area contributed by atoms with Crippen LogP contribution in [-0.2, 0) is 14.3 Å². The van der Waals surface area contributed by atoms with Crippen LogP contribution in [0, 0.1) is 25.7 Å². The number of carbonyl (C=O) groups excluding carboxylic acids is 1. The van der Waals surface area contributed by atoms with E-state index in [1.165, 1.54) is 0 Å². The summed E-state index contributed by atoms with van der Waals surface area (Å²) in [5.74, 6) is -2.67. The summed E-state index contributed by atoms with van der Waals surface area (Å²) in [5, 5.41) is 9.66. The van der Waals surface area contributed by atoms with Gasteiger partial charge in [-0.3, -0.25) is 9.59 Å². The minimum atomic E-state index is -0.977. The van der Waals surface area contributed by atoms with E-state index >= 15 is 0 Å². The highest BCUT2D eigenvalue weighted by Crippen LogP contribution is 2.56. The average Bonchev–Trinajstić information content (AvgIpc) is 3.20. The van der Waals surface area contributed by atoms with Crippen molar-refractivity contribution in [1.82, 2.24) is 0 Å². The van der Waals surface area contributed by atoms with Crippen molar-refractivity contribution in [2.45, 2.75) is 38.0 Å². The summed E-state index contributed by atoms with van der Waals surface area (Å²) in [6.45, 7) is 7.82. The van der Waals surface area contributed by atoms with Crippen molar-refractivity contribution in [3.8, 4) is 0 Å². The van der Waals surface area contributed by atoms with Crippen LogP contribution in [0.5, 0.6) is 0 Å². The molecule has 0 aromatic heterocycles. The summed E-state index contributed by atoms with van der Waals surface area (Å²) in [4.78, 5) is 26.9. The van der Waals surface area contributed by atoms with Gasteiger partial charge in [0, 0.05) is 5.69 Å². The predicted molar refractivity (Wildman–Crippen MR) is 93.4 cm³/mol. The van der Waals surface area contributed by atoms with Crippen LogP contribution >= 0.6 is 0 Å². The fourth-order valence-corrected chi connectivity index (χ4v) is 4.66. The van der Waals surface area contributed by atoms with Crippen LogP contribution in [0.1, 0.15) is 17.5 Å². The summed E-state index contributed by atoms with van der Waals surface area (Å²) in [6, 6.07) is 5.56. The number of rotatable bonds is 4. The molecule has 2 saturated heterocycles. The Kier molecular flexibility index (Phi) is 3.41. The minimum Gasteiger partial charge on any atom is -0.481 e. The van der Waals surface area contributed by atoms with E-state index in [0.29, 0.717) is 6.42 Å². The number of hydrogen-bond acceptors (Lipinski definition) is 3. The molecule has 1 N–H and O–H groups in total. The van der Waals surface area contributed by atoms with E-state index in [1.54, 1.807) is 17.1 Å². The third kappa shape index (κ3) is 1.93. The number of anilines is 1. The fourth-order valence-electron chi connectivity index (χ4n) is 4.66. The molecule has 4 rings (SSSR count). The maximum Gasteiger partial charge on any atom is 0.310 e. The normalized spacial score (nSPS) is 35.3. The van der Waals surface area contributed by atoms with Crippen molar-refractivity contribution < 1.29 is 19.4 Å². The number of fused-ring (bicyclic) bond motifs is 1. The molecule has 1 aromatic carbocycles. The molecule has 2 fully saturated rings. The van der Waals surface area contributed by atoms with Crippen LogP contribution in [0.3, 0.4) is 0 Å². The maximum atomic E-state index is 13.4. The number of benzene rings is 1. The van der Waals surface area contributed by atoms with Gasteiger partial charge in [0.2, 0.25) is 5.91 Å². The Morgan fingerprint density at radius 2 is 2.20 bits per heavy atom. The number of carboxylic acid groups (broad SMARTS) is 1. The molecule has 1 aromatic rings. The van der Waals surface area contributed by atoms with E-state index in [1.807, 2.05) is 38.1 Å². The highest BCUT2D eigenvalue weighted by atomic mass is 16.5. The number of hydrogen-bond donors (Lipinski definition) is 1. The molecule has 3 aliphatic rings. The largest absolute Gasteiger partial charge is 0.481 e. The van der Waals surface area contributed by atoms with Gasteiger partial charge in [-0.1, -0.05) is 30.4 Å². The van der Waals surface area contributed by atoms with Gasteiger partial charge in [0.1, 0.15) is 11.5 Å². The molecule has 5 unspecified atom stereocenters. The van der Waals surface area contributed by atoms with Crippen LogP contribution in [0.25, 0.3) is 0 Å². The topological polar surface area (TPSA) is 66.8 Å². The van der Waals surface area contributed by atoms with Gasteiger partial charge in [0.05, 0.1) is 18.1 Å². The monoisotopic (exact) mass is 339 g/mol. The quantitative estimate of drug-likeness (QED) is 0.857. The molecule has 1 spiro atoms. The Morgan fingerprint density at radius 1 is 1.44 bits per heavy atom. The average molecular weight is 339 g/mol. The summed E-state index contributed by atoms with van der Waals surface area (Å²) >= 11 is 0. The van der Waals surface area contributed by atoms with Crippen molar-refractivity contribution in [3.63, 3.8) is 0 Å². The SMILES string of the molecule is C=CCC1N(c2cccc(C)c2C)C(=O)C2C(C(=O)O)C3C=CC21O3. The number of aliphatic carboxylic acids is 1. The molecule has 25 heavy (non-hydrogen) atoms. The smallest absolute Gasteiger partial charge is 0.310 e. The third-order valence-electron chi connectivity index (χ3n) is 5.93. The van der Waals surface area contributed by atoms with Crippen LogP contribution in [0.2, 0.25) is 0 Å². The van der Waals surface area contributed by atoms with E-state index in [-0.39, 0.29) is 11.9 Å². The molecule has 130 valence electrons. The van der Waals surface area contributed by atoms with Crippen LogP contribution in [0.4, 0.5) is 5.69 Å². The van der Waals surface area contributed by atoms with Gasteiger partial charge in [-0.15, -0.1) is 6.58 Å². The van der Waals surface area contributed by atoms with Crippen LogP contribution in [0.15, 0.2) is 43.0 Å². The van der Waals surface area contributed by atoms with E-state index < -0.39 is 29.5 Å². The molecule has 5 atom stereocenters. The Balaban J connectivity index is 1.88. The van der Waals surface area contributed by atoms with Gasteiger partial charge in [0.15, 0.2) is 0 Å². The second-order valence-corrected chi connectivity index (χ2v) is 7.10. The van der Waals surface area contributed by atoms with Crippen molar-refractivity contribution in [3.05, 3.63) is 54.1 Å². The third-order valence-corrected chi connectivity index (χ3v) is 5.93. The zero-order chi connectivity index (χ0) is 17.9. The van der Waals surface area contributed by atoms with E-state index in [9.17, 15) is 14.7 Å². The lowest BCUT2D eigenvalue weighted by Crippen LogP contribution is -2.45. The second kappa shape index (κ2) is 5.30. The van der Waals surface area contributed by atoms with Crippen LogP contribution in [-0.4, -0.2) is 34.7 Å². The maximum absolute atomic E-state index is 13.4. The highest BCUT2D eigenvalue weighted by Gasteiger charge is 2.71. The van der Waals surface area contributed by atoms with Gasteiger partial charge >= 0.3 is 5.97 Å². The lowest BCUT2D eigenvalue weighted by atomic mass is 9.74. The number of carboxylic acids is 1. The molecule has 5 nitrogen and oxygen atoms in total. The van der Waals surface area contributed by atoms with Crippen LogP contribution < -0.4 is 4.90 Å². The molecule has 0 saturated carbocycles. The summed E-state index contributed by atoms with van der Waals surface area (Å²) in [5.41, 5.74) is 2.06. The highest BCUT2D eigenvalue weighted by molar-refractivity contribution is 6.04. The standard InChI is InChI=1S/C20H21NO4/c1-4-6-15-20-10-9-14(25-20)16(19(23)24)17(20)18(22)21(15)13-8-5-7-11(2)12(13)3/h4-5,7-10,14-17H,1,6H2,2-3H3,(H,23,24). The molecule has 5 heteroatoms. The minimum absolute atomic E-state index is 0.167. The first-order valence-electron chi connectivity index (χ1n) is 8.52. The summed E-state index contributed by atoms with van der Waals surface area (Å²) in [7, 11) is 0. The van der Waals surface area contributed by atoms with Gasteiger partial charge in [-0.2, -0.15) is 0 Å².